The van der Waals surface area contributed by atoms with Crippen molar-refractivity contribution in [2.75, 3.05) is 7.05 Å². The van der Waals surface area contributed by atoms with Crippen LogP contribution in [0.4, 0.5) is 0 Å². The molecule has 2 rings (SSSR count). The van der Waals surface area contributed by atoms with Crippen LogP contribution in [-0.2, 0) is 7.05 Å². The van der Waals surface area contributed by atoms with Gasteiger partial charge in [-0.1, -0.05) is 33.6 Å². The minimum atomic E-state index is 0.116. The molecular formula is C13H16BrN3. The van der Waals surface area contributed by atoms with Crippen molar-refractivity contribution in [1.29, 1.82) is 0 Å². The number of hydrogen-bond acceptors (Lipinski definition) is 2. The van der Waals surface area contributed by atoms with Gasteiger partial charge in [-0.3, -0.25) is 4.68 Å². The Bertz CT molecular complexity index is 519. The van der Waals surface area contributed by atoms with Gasteiger partial charge in [0.25, 0.3) is 0 Å². The lowest BCUT2D eigenvalue weighted by Gasteiger charge is -2.16. The quantitative estimate of drug-likeness (QED) is 0.943. The number of nitrogens with zero attached hydrogens (tertiary/aromatic N) is 2. The van der Waals surface area contributed by atoms with Gasteiger partial charge in [-0.15, -0.1) is 0 Å². The highest BCUT2D eigenvalue weighted by atomic mass is 79.9. The maximum Gasteiger partial charge on any atom is 0.0839 e. The number of nitrogens with one attached hydrogen (secondary N) is 1. The fourth-order valence-corrected chi connectivity index (χ4v) is 2.41. The molecule has 1 unspecified atom stereocenters. The molecule has 0 amide bonds. The average Bonchev–Trinajstić information content (AvgIpc) is 2.71. The second-order valence-electron chi connectivity index (χ2n) is 4.16. The van der Waals surface area contributed by atoms with E-state index < -0.39 is 0 Å². The summed E-state index contributed by atoms with van der Waals surface area (Å²) >= 11 is 3.60. The van der Waals surface area contributed by atoms with Gasteiger partial charge in [-0.25, -0.2) is 0 Å². The van der Waals surface area contributed by atoms with E-state index >= 15 is 0 Å². The van der Waals surface area contributed by atoms with E-state index in [9.17, 15) is 0 Å². The van der Waals surface area contributed by atoms with Gasteiger partial charge in [0.2, 0.25) is 0 Å². The third-order valence-corrected chi connectivity index (χ3v) is 3.50. The number of aromatic nitrogens is 2. The van der Waals surface area contributed by atoms with Crippen LogP contribution >= 0.6 is 15.9 Å². The summed E-state index contributed by atoms with van der Waals surface area (Å²) in [5.41, 5.74) is 3.49. The Morgan fingerprint density at radius 1 is 1.35 bits per heavy atom. The normalized spacial score (nSPS) is 12.7. The summed E-state index contributed by atoms with van der Waals surface area (Å²) in [5.74, 6) is 0. The van der Waals surface area contributed by atoms with Crippen LogP contribution in [0, 0.1) is 6.92 Å². The lowest BCUT2D eigenvalue weighted by Crippen LogP contribution is -2.19. The zero-order chi connectivity index (χ0) is 12.4. The molecule has 0 fully saturated rings. The standard InChI is InChI=1S/C13H16BrN3/c1-9-4-5-11(14)10(8-9)13(15-2)12-6-7-17(3)16-12/h4-8,13,15H,1-3H3. The van der Waals surface area contributed by atoms with Gasteiger partial charge >= 0.3 is 0 Å². The summed E-state index contributed by atoms with van der Waals surface area (Å²) in [4.78, 5) is 0. The molecule has 1 aromatic heterocycles. The number of aryl methyl sites for hydroxylation is 2. The van der Waals surface area contributed by atoms with Crippen LogP contribution < -0.4 is 5.32 Å². The highest BCUT2D eigenvalue weighted by molar-refractivity contribution is 9.10. The molecule has 0 aliphatic heterocycles. The minimum absolute atomic E-state index is 0.116. The predicted octanol–water partition coefficient (Wildman–Crippen LogP) is 2.80. The van der Waals surface area contributed by atoms with Gasteiger partial charge in [0.05, 0.1) is 11.7 Å². The first-order valence-electron chi connectivity index (χ1n) is 5.54. The summed E-state index contributed by atoms with van der Waals surface area (Å²) in [6.07, 6.45) is 1.96. The summed E-state index contributed by atoms with van der Waals surface area (Å²) in [5, 5.41) is 7.77. The van der Waals surface area contributed by atoms with Crippen molar-refractivity contribution >= 4 is 15.9 Å². The van der Waals surface area contributed by atoms with Gasteiger partial charge < -0.3 is 5.32 Å². The molecule has 1 aromatic carbocycles. The summed E-state index contributed by atoms with van der Waals surface area (Å²) in [6, 6.07) is 8.51. The zero-order valence-corrected chi connectivity index (χ0v) is 11.8. The average molecular weight is 294 g/mol. The molecule has 0 saturated carbocycles. The summed E-state index contributed by atoms with van der Waals surface area (Å²) < 4.78 is 2.93. The number of rotatable bonds is 3. The molecule has 2 aromatic rings. The topological polar surface area (TPSA) is 29.9 Å². The molecule has 1 atom stereocenters. The van der Waals surface area contributed by atoms with Gasteiger partial charge in [-0.05, 0) is 31.7 Å². The molecule has 0 saturated heterocycles. The smallest absolute Gasteiger partial charge is 0.0839 e. The molecule has 0 aliphatic rings. The van der Waals surface area contributed by atoms with Crippen LogP contribution in [0.5, 0.6) is 0 Å². The summed E-state index contributed by atoms with van der Waals surface area (Å²) in [6.45, 7) is 2.10. The van der Waals surface area contributed by atoms with Crippen molar-refractivity contribution in [3.05, 3.63) is 51.8 Å². The Labute approximate surface area is 110 Å². The molecule has 90 valence electrons. The molecule has 1 N–H and O–H groups in total. The van der Waals surface area contributed by atoms with E-state index in [1.54, 1.807) is 0 Å². The van der Waals surface area contributed by atoms with E-state index in [4.69, 9.17) is 0 Å². The van der Waals surface area contributed by atoms with Gasteiger partial charge in [-0.2, -0.15) is 5.10 Å². The molecule has 0 radical (unpaired) electrons. The van der Waals surface area contributed by atoms with Crippen LogP contribution in [0.1, 0.15) is 22.9 Å². The van der Waals surface area contributed by atoms with Crippen LogP contribution in [0.25, 0.3) is 0 Å². The molecule has 0 bridgehead atoms. The molecular weight excluding hydrogens is 278 g/mol. The third kappa shape index (κ3) is 2.58. The Balaban J connectivity index is 2.45. The molecule has 1 heterocycles. The second-order valence-corrected chi connectivity index (χ2v) is 5.02. The van der Waals surface area contributed by atoms with Crippen LogP contribution in [0.3, 0.4) is 0 Å². The Kier molecular flexibility index (Phi) is 3.64. The fraction of sp³-hybridized carbons (Fsp3) is 0.308. The van der Waals surface area contributed by atoms with Crippen molar-refractivity contribution < 1.29 is 0 Å². The summed E-state index contributed by atoms with van der Waals surface area (Å²) in [7, 11) is 3.88. The number of hydrogen-bond donors (Lipinski definition) is 1. The van der Waals surface area contributed by atoms with E-state index in [1.165, 1.54) is 11.1 Å². The maximum atomic E-state index is 4.46. The first-order valence-corrected chi connectivity index (χ1v) is 6.34. The third-order valence-electron chi connectivity index (χ3n) is 2.78. The van der Waals surface area contributed by atoms with Crippen LogP contribution in [0.2, 0.25) is 0 Å². The Morgan fingerprint density at radius 2 is 2.12 bits per heavy atom. The molecule has 3 nitrogen and oxygen atoms in total. The minimum Gasteiger partial charge on any atom is -0.308 e. The van der Waals surface area contributed by atoms with Gasteiger partial charge in [0.1, 0.15) is 0 Å². The predicted molar refractivity (Wildman–Crippen MR) is 73.0 cm³/mol. The van der Waals surface area contributed by atoms with Crippen LogP contribution in [-0.4, -0.2) is 16.8 Å². The zero-order valence-electron chi connectivity index (χ0n) is 10.2. The highest BCUT2D eigenvalue weighted by Crippen LogP contribution is 2.28. The van der Waals surface area contributed by atoms with Crippen molar-refractivity contribution in [2.24, 2.45) is 7.05 Å². The first-order chi connectivity index (χ1) is 8.11. The lowest BCUT2D eigenvalue weighted by molar-refractivity contribution is 0.640. The van der Waals surface area contributed by atoms with Crippen molar-refractivity contribution in [2.45, 2.75) is 13.0 Å². The molecule has 0 aliphatic carbocycles. The van der Waals surface area contributed by atoms with E-state index in [0.717, 1.165) is 10.2 Å². The largest absolute Gasteiger partial charge is 0.308 e. The monoisotopic (exact) mass is 293 g/mol. The fourth-order valence-electron chi connectivity index (χ4n) is 1.93. The molecule has 0 spiro atoms. The number of benzene rings is 1. The van der Waals surface area contributed by atoms with Crippen molar-refractivity contribution in [3.8, 4) is 0 Å². The van der Waals surface area contributed by atoms with Gasteiger partial charge in [0, 0.05) is 17.7 Å². The highest BCUT2D eigenvalue weighted by Gasteiger charge is 2.17. The number of halogens is 1. The van der Waals surface area contributed by atoms with Crippen LogP contribution in [0.15, 0.2) is 34.9 Å². The van der Waals surface area contributed by atoms with Crippen molar-refractivity contribution in [3.63, 3.8) is 0 Å². The van der Waals surface area contributed by atoms with E-state index in [0.29, 0.717) is 0 Å². The van der Waals surface area contributed by atoms with Gasteiger partial charge in [0.15, 0.2) is 0 Å². The SMILES string of the molecule is CNC(c1ccn(C)n1)c1cc(C)ccc1Br. The van der Waals surface area contributed by atoms with E-state index in [2.05, 4.69) is 51.5 Å². The lowest BCUT2D eigenvalue weighted by atomic mass is 10.0. The Morgan fingerprint density at radius 3 is 2.71 bits per heavy atom. The second kappa shape index (κ2) is 5.02. The first kappa shape index (κ1) is 12.3. The Hall–Kier alpha value is -1.13. The molecule has 4 heteroatoms. The van der Waals surface area contributed by atoms with E-state index in [-0.39, 0.29) is 6.04 Å². The maximum absolute atomic E-state index is 4.46. The van der Waals surface area contributed by atoms with Crippen molar-refractivity contribution in [1.82, 2.24) is 15.1 Å². The molecule has 17 heavy (non-hydrogen) atoms. The van der Waals surface area contributed by atoms with E-state index in [1.807, 2.05) is 31.0 Å².